The molecule has 1 aliphatic heterocycles. The maximum Gasteiger partial charge on any atom is 0.169 e. The Bertz CT molecular complexity index is 479. The molecule has 0 aromatic heterocycles. The Labute approximate surface area is 117 Å². The van der Waals surface area contributed by atoms with Crippen molar-refractivity contribution in [2.24, 2.45) is 5.92 Å². The topological polar surface area (TPSA) is 40.5 Å². The Morgan fingerprint density at radius 2 is 2.20 bits per heavy atom. The molecule has 5 heteroatoms. The van der Waals surface area contributed by atoms with E-state index in [1.807, 2.05) is 0 Å². The highest BCUT2D eigenvalue weighted by Crippen LogP contribution is 2.17. The van der Waals surface area contributed by atoms with Crippen LogP contribution in [0.2, 0.25) is 0 Å². The van der Waals surface area contributed by atoms with Crippen molar-refractivity contribution in [1.29, 1.82) is 0 Å². The van der Waals surface area contributed by atoms with Gasteiger partial charge in [-0.1, -0.05) is 6.07 Å². The monoisotopic (exact) mass is 283 g/mol. The summed E-state index contributed by atoms with van der Waals surface area (Å²) >= 11 is 0. The zero-order valence-corrected chi connectivity index (χ0v) is 11.3. The second kappa shape index (κ2) is 6.90. The third kappa shape index (κ3) is 3.61. The molecule has 0 amide bonds. The van der Waals surface area contributed by atoms with Gasteiger partial charge in [0.1, 0.15) is 0 Å². The summed E-state index contributed by atoms with van der Waals surface area (Å²) in [4.78, 5) is 14.0. The first kappa shape index (κ1) is 15.1. The Kier molecular flexibility index (Phi) is 5.20. The Balaban J connectivity index is 1.90. The van der Waals surface area contributed by atoms with Crippen LogP contribution in [-0.2, 0) is 0 Å². The van der Waals surface area contributed by atoms with E-state index in [0.717, 1.165) is 32.0 Å². The average molecular weight is 283 g/mol. The lowest BCUT2D eigenvalue weighted by Crippen LogP contribution is -2.38. The standard InChI is InChI=1S/C15H19F2NO2/c16-13-5-1-4-12(15(13)17)14(20)6-8-18-7-2-3-11(9-18)10-19/h1,4-5,11,19H,2-3,6-10H2. The minimum Gasteiger partial charge on any atom is -0.396 e. The summed E-state index contributed by atoms with van der Waals surface area (Å²) < 4.78 is 26.6. The number of likely N-dealkylation sites (tertiary alicyclic amines) is 1. The van der Waals surface area contributed by atoms with Gasteiger partial charge in [-0.05, 0) is 37.4 Å². The predicted octanol–water partition coefficient (Wildman–Crippen LogP) is 2.24. The molecule has 1 aromatic carbocycles. The summed E-state index contributed by atoms with van der Waals surface area (Å²) in [5.74, 6) is -2.18. The number of carbonyl (C=O) groups excluding carboxylic acids is 1. The summed E-state index contributed by atoms with van der Waals surface area (Å²) in [6.07, 6.45) is 2.16. The maximum atomic E-state index is 13.5. The summed E-state index contributed by atoms with van der Waals surface area (Å²) in [5, 5.41) is 9.15. The van der Waals surface area contributed by atoms with Crippen LogP contribution < -0.4 is 0 Å². The number of aliphatic hydroxyl groups excluding tert-OH is 1. The van der Waals surface area contributed by atoms with Gasteiger partial charge in [0.15, 0.2) is 17.4 Å². The minimum atomic E-state index is -1.07. The van der Waals surface area contributed by atoms with Crippen LogP contribution in [-0.4, -0.2) is 42.0 Å². The van der Waals surface area contributed by atoms with Gasteiger partial charge in [0.2, 0.25) is 0 Å². The molecular formula is C15H19F2NO2. The van der Waals surface area contributed by atoms with Gasteiger partial charge in [0, 0.05) is 26.1 Å². The number of ketones is 1. The highest BCUT2D eigenvalue weighted by molar-refractivity contribution is 5.96. The zero-order valence-electron chi connectivity index (χ0n) is 11.3. The van der Waals surface area contributed by atoms with Crippen LogP contribution in [0, 0.1) is 17.6 Å². The number of nitrogens with zero attached hydrogens (tertiary/aromatic N) is 1. The third-order valence-electron chi connectivity index (χ3n) is 3.77. The van der Waals surface area contributed by atoms with Crippen molar-refractivity contribution >= 4 is 5.78 Å². The molecule has 1 aliphatic rings. The van der Waals surface area contributed by atoms with Crippen molar-refractivity contribution in [3.63, 3.8) is 0 Å². The summed E-state index contributed by atoms with van der Waals surface area (Å²) in [6.45, 7) is 2.32. The van der Waals surface area contributed by atoms with Gasteiger partial charge in [0.05, 0.1) is 5.56 Å². The maximum absolute atomic E-state index is 13.5. The number of Topliss-reactive ketones (excluding diaryl/α,β-unsaturated/α-hetero) is 1. The molecule has 1 aromatic rings. The van der Waals surface area contributed by atoms with Crippen LogP contribution in [0.4, 0.5) is 8.78 Å². The summed E-state index contributed by atoms with van der Waals surface area (Å²) in [7, 11) is 0. The van der Waals surface area contributed by atoms with Crippen molar-refractivity contribution in [3.05, 3.63) is 35.4 Å². The van der Waals surface area contributed by atoms with Gasteiger partial charge >= 0.3 is 0 Å². The largest absolute Gasteiger partial charge is 0.396 e. The van der Waals surface area contributed by atoms with Crippen LogP contribution >= 0.6 is 0 Å². The lowest BCUT2D eigenvalue weighted by atomic mass is 9.98. The first-order chi connectivity index (χ1) is 9.61. The lowest BCUT2D eigenvalue weighted by molar-refractivity contribution is 0.0912. The third-order valence-corrected chi connectivity index (χ3v) is 3.77. The SMILES string of the molecule is O=C(CCN1CCCC(CO)C1)c1cccc(F)c1F. The van der Waals surface area contributed by atoms with E-state index in [2.05, 4.69) is 4.90 Å². The number of benzene rings is 1. The molecule has 1 atom stereocenters. The smallest absolute Gasteiger partial charge is 0.169 e. The van der Waals surface area contributed by atoms with E-state index < -0.39 is 11.6 Å². The first-order valence-electron chi connectivity index (χ1n) is 6.92. The number of aliphatic hydroxyl groups is 1. The van der Waals surface area contributed by atoms with Gasteiger partial charge in [-0.3, -0.25) is 4.79 Å². The van der Waals surface area contributed by atoms with Crippen molar-refractivity contribution in [3.8, 4) is 0 Å². The lowest BCUT2D eigenvalue weighted by Gasteiger charge is -2.31. The van der Waals surface area contributed by atoms with Crippen molar-refractivity contribution in [2.45, 2.75) is 19.3 Å². The van der Waals surface area contributed by atoms with Gasteiger partial charge in [-0.25, -0.2) is 8.78 Å². The zero-order chi connectivity index (χ0) is 14.5. The molecule has 0 aliphatic carbocycles. The van der Waals surface area contributed by atoms with E-state index in [-0.39, 0.29) is 30.3 Å². The van der Waals surface area contributed by atoms with E-state index >= 15 is 0 Å². The number of halogens is 2. The van der Waals surface area contributed by atoms with E-state index in [4.69, 9.17) is 5.11 Å². The van der Waals surface area contributed by atoms with Crippen LogP contribution in [0.5, 0.6) is 0 Å². The second-order valence-corrected chi connectivity index (χ2v) is 5.27. The van der Waals surface area contributed by atoms with E-state index in [0.29, 0.717) is 6.54 Å². The van der Waals surface area contributed by atoms with Crippen LogP contribution in [0.3, 0.4) is 0 Å². The molecule has 20 heavy (non-hydrogen) atoms. The Hall–Kier alpha value is -1.33. The molecular weight excluding hydrogens is 264 g/mol. The van der Waals surface area contributed by atoms with E-state index in [9.17, 15) is 13.6 Å². The molecule has 1 fully saturated rings. The summed E-state index contributed by atoms with van der Waals surface area (Å²) in [6, 6.07) is 3.66. The predicted molar refractivity (Wildman–Crippen MR) is 71.6 cm³/mol. The molecule has 1 saturated heterocycles. The Morgan fingerprint density at radius 3 is 2.95 bits per heavy atom. The average Bonchev–Trinajstić information content (AvgIpc) is 2.48. The van der Waals surface area contributed by atoms with Gasteiger partial charge in [-0.15, -0.1) is 0 Å². The number of hydrogen-bond donors (Lipinski definition) is 1. The quantitative estimate of drug-likeness (QED) is 0.843. The fourth-order valence-corrected chi connectivity index (χ4v) is 2.62. The number of hydrogen-bond acceptors (Lipinski definition) is 3. The van der Waals surface area contributed by atoms with Crippen molar-refractivity contribution in [2.75, 3.05) is 26.2 Å². The van der Waals surface area contributed by atoms with Gasteiger partial charge in [-0.2, -0.15) is 0 Å². The molecule has 1 N–H and O–H groups in total. The minimum absolute atomic E-state index is 0.156. The molecule has 2 rings (SSSR count). The van der Waals surface area contributed by atoms with Crippen molar-refractivity contribution in [1.82, 2.24) is 4.90 Å². The second-order valence-electron chi connectivity index (χ2n) is 5.27. The molecule has 0 bridgehead atoms. The van der Waals surface area contributed by atoms with Gasteiger partial charge < -0.3 is 10.0 Å². The molecule has 0 radical (unpaired) electrons. The highest BCUT2D eigenvalue weighted by Gasteiger charge is 2.21. The molecule has 0 spiro atoms. The molecule has 1 unspecified atom stereocenters. The molecule has 1 heterocycles. The van der Waals surface area contributed by atoms with E-state index in [1.54, 1.807) is 0 Å². The van der Waals surface area contributed by atoms with Crippen LogP contribution in [0.1, 0.15) is 29.6 Å². The fraction of sp³-hybridized carbons (Fsp3) is 0.533. The van der Waals surface area contributed by atoms with E-state index in [1.165, 1.54) is 12.1 Å². The van der Waals surface area contributed by atoms with Crippen LogP contribution in [0.15, 0.2) is 18.2 Å². The number of piperidine rings is 1. The number of carbonyl (C=O) groups is 1. The molecule has 3 nitrogen and oxygen atoms in total. The highest BCUT2D eigenvalue weighted by atomic mass is 19.2. The number of rotatable bonds is 5. The fourth-order valence-electron chi connectivity index (χ4n) is 2.62. The first-order valence-corrected chi connectivity index (χ1v) is 6.92. The molecule has 110 valence electrons. The summed E-state index contributed by atoms with van der Waals surface area (Å²) in [5.41, 5.74) is -0.180. The van der Waals surface area contributed by atoms with Crippen molar-refractivity contribution < 1.29 is 18.7 Å². The normalized spacial score (nSPS) is 20.1. The van der Waals surface area contributed by atoms with Gasteiger partial charge in [0.25, 0.3) is 0 Å². The molecule has 0 saturated carbocycles. The Morgan fingerprint density at radius 1 is 1.40 bits per heavy atom. The van der Waals surface area contributed by atoms with Crippen LogP contribution in [0.25, 0.3) is 0 Å².